The van der Waals surface area contributed by atoms with Crippen LogP contribution in [0.4, 0.5) is 0 Å². The Morgan fingerprint density at radius 1 is 0.250 bits per heavy atom. The molecule has 0 aliphatic heterocycles. The zero-order chi connectivity index (χ0) is 46.5. The number of carbonyl (C=O) groups excluding carboxylic acids is 3. The van der Waals surface area contributed by atoms with Crippen molar-refractivity contribution in [3.8, 4) is 0 Å². The predicted molar refractivity (Wildman–Crippen MR) is 275 cm³/mol. The first-order valence-electron chi connectivity index (χ1n) is 29.0. The molecule has 0 aromatic heterocycles. The van der Waals surface area contributed by atoms with Crippen LogP contribution in [0.1, 0.15) is 335 Å². The largest absolute Gasteiger partial charge is 0.462 e. The van der Waals surface area contributed by atoms with Crippen molar-refractivity contribution in [2.75, 3.05) is 13.2 Å². The third-order valence-electron chi connectivity index (χ3n) is 13.4. The van der Waals surface area contributed by atoms with E-state index in [0.717, 1.165) is 57.8 Å². The quantitative estimate of drug-likeness (QED) is 0.0344. The molecule has 0 fully saturated rings. The van der Waals surface area contributed by atoms with Crippen LogP contribution in [-0.4, -0.2) is 37.2 Å². The Morgan fingerprint density at radius 3 is 0.625 bits per heavy atom. The number of hydrogen-bond donors (Lipinski definition) is 0. The van der Waals surface area contributed by atoms with Crippen LogP contribution in [0.2, 0.25) is 0 Å². The first-order valence-corrected chi connectivity index (χ1v) is 29.0. The van der Waals surface area contributed by atoms with E-state index in [4.69, 9.17) is 14.2 Å². The summed E-state index contributed by atoms with van der Waals surface area (Å²) in [6.45, 7) is 6.63. The molecule has 380 valence electrons. The molecule has 6 nitrogen and oxygen atoms in total. The average molecular weight is 906 g/mol. The smallest absolute Gasteiger partial charge is 0.306 e. The normalized spacial score (nSPS) is 11.9. The van der Waals surface area contributed by atoms with E-state index in [1.54, 1.807) is 0 Å². The number of unbranched alkanes of at least 4 members (excludes halogenated alkanes) is 43. The summed E-state index contributed by atoms with van der Waals surface area (Å²) in [5, 5.41) is 0. The van der Waals surface area contributed by atoms with Crippen LogP contribution in [0.25, 0.3) is 0 Å². The van der Waals surface area contributed by atoms with E-state index in [1.165, 1.54) is 238 Å². The van der Waals surface area contributed by atoms with Gasteiger partial charge in [0.15, 0.2) is 6.10 Å². The number of rotatable bonds is 54. The maximum atomic E-state index is 12.7. The Kier molecular flexibility index (Phi) is 52.7. The lowest BCUT2D eigenvalue weighted by Crippen LogP contribution is -2.30. The average Bonchev–Trinajstić information content (AvgIpc) is 3.29. The van der Waals surface area contributed by atoms with Gasteiger partial charge in [-0.15, -0.1) is 0 Å². The number of carbonyl (C=O) groups is 3. The van der Waals surface area contributed by atoms with Crippen LogP contribution in [0.5, 0.6) is 0 Å². The van der Waals surface area contributed by atoms with Crippen molar-refractivity contribution >= 4 is 17.9 Å². The van der Waals surface area contributed by atoms with Crippen molar-refractivity contribution in [2.24, 2.45) is 0 Å². The van der Waals surface area contributed by atoms with Gasteiger partial charge in [0.2, 0.25) is 0 Å². The lowest BCUT2D eigenvalue weighted by atomic mass is 10.0. The summed E-state index contributed by atoms with van der Waals surface area (Å²) in [5.74, 6) is -0.852. The number of hydrogen-bond acceptors (Lipinski definition) is 6. The van der Waals surface area contributed by atoms with E-state index in [-0.39, 0.29) is 31.1 Å². The molecule has 0 aliphatic carbocycles. The second kappa shape index (κ2) is 54.0. The van der Waals surface area contributed by atoms with Crippen molar-refractivity contribution in [1.29, 1.82) is 0 Å². The minimum atomic E-state index is -0.758. The summed E-state index contributed by atoms with van der Waals surface area (Å²) in [6, 6.07) is 0. The molecule has 0 aliphatic rings. The van der Waals surface area contributed by atoms with E-state index in [2.05, 4.69) is 20.8 Å². The van der Waals surface area contributed by atoms with Crippen molar-refractivity contribution in [2.45, 2.75) is 341 Å². The van der Waals surface area contributed by atoms with Crippen LogP contribution in [0.3, 0.4) is 0 Å². The molecule has 0 saturated carbocycles. The van der Waals surface area contributed by atoms with Crippen LogP contribution < -0.4 is 0 Å². The van der Waals surface area contributed by atoms with Crippen LogP contribution in [0, 0.1) is 0 Å². The van der Waals surface area contributed by atoms with Crippen molar-refractivity contribution in [3.63, 3.8) is 0 Å². The molecule has 0 spiro atoms. The molecule has 1 atom stereocenters. The summed E-state index contributed by atoms with van der Waals surface area (Å²) in [7, 11) is 0. The summed E-state index contributed by atoms with van der Waals surface area (Å²) in [6.07, 6.45) is 60.1. The van der Waals surface area contributed by atoms with Gasteiger partial charge in [-0.3, -0.25) is 14.4 Å². The summed E-state index contributed by atoms with van der Waals surface area (Å²) >= 11 is 0. The molecule has 0 amide bonds. The van der Waals surface area contributed by atoms with Crippen molar-refractivity contribution < 1.29 is 28.6 Å². The molecule has 0 heterocycles. The lowest BCUT2D eigenvalue weighted by Gasteiger charge is -2.18. The topological polar surface area (TPSA) is 78.9 Å². The van der Waals surface area contributed by atoms with Crippen LogP contribution in [-0.2, 0) is 28.6 Å². The van der Waals surface area contributed by atoms with Gasteiger partial charge in [0.1, 0.15) is 13.2 Å². The Hall–Kier alpha value is -1.59. The Labute approximate surface area is 399 Å². The minimum absolute atomic E-state index is 0.0629. The Balaban J connectivity index is 3.86. The second-order valence-corrected chi connectivity index (χ2v) is 19.9. The van der Waals surface area contributed by atoms with Gasteiger partial charge >= 0.3 is 17.9 Å². The predicted octanol–water partition coefficient (Wildman–Crippen LogP) is 19.2. The van der Waals surface area contributed by atoms with Crippen molar-refractivity contribution in [1.82, 2.24) is 0 Å². The summed E-state index contributed by atoms with van der Waals surface area (Å²) < 4.78 is 16.7. The zero-order valence-corrected chi connectivity index (χ0v) is 43.6. The first-order chi connectivity index (χ1) is 31.5. The van der Waals surface area contributed by atoms with E-state index in [1.807, 2.05) is 0 Å². The summed E-state index contributed by atoms with van der Waals surface area (Å²) in [5.41, 5.74) is 0. The fourth-order valence-corrected chi connectivity index (χ4v) is 8.98. The number of ether oxygens (including phenoxy) is 3. The Bertz CT molecular complexity index is 951. The molecular weight excluding hydrogens is 793 g/mol. The van der Waals surface area contributed by atoms with Gasteiger partial charge in [-0.2, -0.15) is 0 Å². The SMILES string of the molecule is CCCCCCCCCCCCCCCCCCCCCCCCCCCCCCCCC(=O)OCC(COC(=O)CCCCCCCCCC)OC(=O)CCCCCCCCCC. The molecule has 0 bridgehead atoms. The fourth-order valence-electron chi connectivity index (χ4n) is 8.98. The molecule has 6 heteroatoms. The third-order valence-corrected chi connectivity index (χ3v) is 13.4. The summed E-state index contributed by atoms with van der Waals surface area (Å²) in [4.78, 5) is 37.7. The zero-order valence-electron chi connectivity index (χ0n) is 43.6. The second-order valence-electron chi connectivity index (χ2n) is 19.9. The molecular formula is C58H112O6. The first kappa shape index (κ1) is 62.4. The monoisotopic (exact) mass is 905 g/mol. The minimum Gasteiger partial charge on any atom is -0.462 e. The van der Waals surface area contributed by atoms with Gasteiger partial charge in [0, 0.05) is 19.3 Å². The molecule has 0 aromatic carbocycles. The molecule has 0 aromatic rings. The van der Waals surface area contributed by atoms with Gasteiger partial charge in [-0.1, -0.05) is 297 Å². The molecule has 1 unspecified atom stereocenters. The number of esters is 3. The van der Waals surface area contributed by atoms with E-state index < -0.39 is 6.10 Å². The molecule has 0 radical (unpaired) electrons. The highest BCUT2D eigenvalue weighted by Crippen LogP contribution is 2.18. The molecule has 64 heavy (non-hydrogen) atoms. The molecule has 0 N–H and O–H groups in total. The Morgan fingerprint density at radius 2 is 0.422 bits per heavy atom. The highest BCUT2D eigenvalue weighted by molar-refractivity contribution is 5.71. The van der Waals surface area contributed by atoms with Gasteiger partial charge in [-0.25, -0.2) is 0 Å². The highest BCUT2D eigenvalue weighted by Gasteiger charge is 2.19. The van der Waals surface area contributed by atoms with Gasteiger partial charge < -0.3 is 14.2 Å². The van der Waals surface area contributed by atoms with E-state index >= 15 is 0 Å². The van der Waals surface area contributed by atoms with Crippen molar-refractivity contribution in [3.05, 3.63) is 0 Å². The van der Waals surface area contributed by atoms with E-state index in [0.29, 0.717) is 19.3 Å². The molecule has 0 rings (SSSR count). The van der Waals surface area contributed by atoms with E-state index in [9.17, 15) is 14.4 Å². The lowest BCUT2D eigenvalue weighted by molar-refractivity contribution is -0.167. The van der Waals surface area contributed by atoms with Gasteiger partial charge in [0.25, 0.3) is 0 Å². The highest BCUT2D eigenvalue weighted by atomic mass is 16.6. The van der Waals surface area contributed by atoms with Gasteiger partial charge in [-0.05, 0) is 19.3 Å². The standard InChI is InChI=1S/C58H112O6/c1-4-7-10-13-16-19-20-21-22-23-24-25-26-27-28-29-30-31-32-33-34-35-36-37-38-39-40-43-45-48-51-57(60)63-54-55(64-58(61)52-49-46-42-18-15-12-9-6-3)53-62-56(59)50-47-44-41-17-14-11-8-5-2/h55H,4-54H2,1-3H3. The molecule has 0 saturated heterocycles. The fraction of sp³-hybridized carbons (Fsp3) is 0.948. The maximum absolute atomic E-state index is 12.7. The third kappa shape index (κ3) is 51.4. The maximum Gasteiger partial charge on any atom is 0.306 e. The van der Waals surface area contributed by atoms with Crippen LogP contribution >= 0.6 is 0 Å². The van der Waals surface area contributed by atoms with Gasteiger partial charge in [0.05, 0.1) is 0 Å². The van der Waals surface area contributed by atoms with Crippen LogP contribution in [0.15, 0.2) is 0 Å².